The summed E-state index contributed by atoms with van der Waals surface area (Å²) in [5.74, 6) is 0. The van der Waals surface area contributed by atoms with Crippen molar-refractivity contribution < 1.29 is 0 Å². The van der Waals surface area contributed by atoms with Crippen LogP contribution in [0.1, 0.15) is 40.5 Å². The SMILES string of the molecule is CCC.CCC.S.S. The highest BCUT2D eigenvalue weighted by atomic mass is 32.1. The van der Waals surface area contributed by atoms with E-state index in [1.165, 1.54) is 12.8 Å². The molecule has 56 valence electrons. The van der Waals surface area contributed by atoms with E-state index in [-0.39, 0.29) is 27.0 Å². The quantitative estimate of drug-likeness (QED) is 0.506. The lowest BCUT2D eigenvalue weighted by Gasteiger charge is -1.48. The van der Waals surface area contributed by atoms with Crippen LogP contribution in [0, 0.1) is 0 Å². The predicted octanol–water partition coefficient (Wildman–Crippen LogP) is 3.06. The van der Waals surface area contributed by atoms with Gasteiger partial charge >= 0.3 is 0 Å². The number of hydrogen-bond donors (Lipinski definition) is 0. The van der Waals surface area contributed by atoms with Crippen LogP contribution < -0.4 is 0 Å². The summed E-state index contributed by atoms with van der Waals surface area (Å²) in [6.07, 6.45) is 2.50. The molecule has 0 heterocycles. The summed E-state index contributed by atoms with van der Waals surface area (Å²) < 4.78 is 0. The second-order valence-electron chi connectivity index (χ2n) is 1.41. The Hall–Kier alpha value is 0.700. The first-order valence-electron chi connectivity index (χ1n) is 2.83. The third kappa shape index (κ3) is 444. The van der Waals surface area contributed by atoms with E-state index in [4.69, 9.17) is 0 Å². The Labute approximate surface area is 68.0 Å². The third-order valence-electron chi connectivity index (χ3n) is 0. The number of rotatable bonds is 0. The maximum absolute atomic E-state index is 2.12. The van der Waals surface area contributed by atoms with Gasteiger partial charge in [-0.05, 0) is 0 Å². The zero-order valence-electron chi connectivity index (χ0n) is 6.41. The molecule has 0 aliphatic heterocycles. The van der Waals surface area contributed by atoms with Crippen molar-refractivity contribution in [3.63, 3.8) is 0 Å². The van der Waals surface area contributed by atoms with Crippen LogP contribution in [0.25, 0.3) is 0 Å². The van der Waals surface area contributed by atoms with Gasteiger partial charge in [0.25, 0.3) is 0 Å². The fourth-order valence-electron chi connectivity index (χ4n) is 0. The maximum Gasteiger partial charge on any atom is -0.0590 e. The highest BCUT2D eigenvalue weighted by Gasteiger charge is 1.36. The zero-order chi connectivity index (χ0) is 5.41. The zero-order valence-corrected chi connectivity index (χ0v) is 8.41. The Morgan fingerprint density at radius 3 is 0.625 bits per heavy atom. The van der Waals surface area contributed by atoms with E-state index in [1.54, 1.807) is 0 Å². The van der Waals surface area contributed by atoms with Crippen LogP contribution in [0.3, 0.4) is 0 Å². The molecule has 0 aliphatic rings. The van der Waals surface area contributed by atoms with Crippen molar-refractivity contribution in [1.29, 1.82) is 0 Å². The monoisotopic (exact) mass is 156 g/mol. The first-order valence-corrected chi connectivity index (χ1v) is 2.83. The van der Waals surface area contributed by atoms with Gasteiger partial charge in [0.1, 0.15) is 0 Å². The summed E-state index contributed by atoms with van der Waals surface area (Å²) in [4.78, 5) is 0. The molecular weight excluding hydrogens is 136 g/mol. The summed E-state index contributed by atoms with van der Waals surface area (Å²) in [6.45, 7) is 8.50. The Balaban J connectivity index is -0.0000000160. The van der Waals surface area contributed by atoms with Crippen molar-refractivity contribution in [3.05, 3.63) is 0 Å². The van der Waals surface area contributed by atoms with Crippen LogP contribution >= 0.6 is 27.0 Å². The van der Waals surface area contributed by atoms with Gasteiger partial charge in [0.15, 0.2) is 0 Å². The van der Waals surface area contributed by atoms with Gasteiger partial charge in [0.2, 0.25) is 0 Å². The third-order valence-corrected chi connectivity index (χ3v) is 0. The summed E-state index contributed by atoms with van der Waals surface area (Å²) in [5, 5.41) is 0. The molecule has 0 aliphatic carbocycles. The highest BCUT2D eigenvalue weighted by molar-refractivity contribution is 7.59. The summed E-state index contributed by atoms with van der Waals surface area (Å²) in [6, 6.07) is 0. The fourth-order valence-corrected chi connectivity index (χ4v) is 0. The van der Waals surface area contributed by atoms with Crippen molar-refractivity contribution in [2.45, 2.75) is 40.5 Å². The molecule has 0 amide bonds. The van der Waals surface area contributed by atoms with E-state index in [1.807, 2.05) is 0 Å². The lowest BCUT2D eigenvalue weighted by atomic mass is 10.6. The molecular formula is C6H20S2. The molecule has 0 radical (unpaired) electrons. The first kappa shape index (κ1) is 23.4. The highest BCUT2D eigenvalue weighted by Crippen LogP contribution is 1.56. The molecule has 0 aromatic rings. The minimum Gasteiger partial charge on any atom is -0.197 e. The molecule has 0 atom stereocenters. The van der Waals surface area contributed by atoms with E-state index in [9.17, 15) is 0 Å². The smallest absolute Gasteiger partial charge is 0.0590 e. The van der Waals surface area contributed by atoms with Gasteiger partial charge in [0.05, 0.1) is 0 Å². The Bertz CT molecular complexity index is 8.49. The predicted molar refractivity (Wildman–Crippen MR) is 52.7 cm³/mol. The van der Waals surface area contributed by atoms with Crippen LogP contribution in [0.4, 0.5) is 0 Å². The van der Waals surface area contributed by atoms with E-state index in [2.05, 4.69) is 27.7 Å². The second kappa shape index (κ2) is 47.4. The molecule has 0 aromatic carbocycles. The van der Waals surface area contributed by atoms with Crippen LogP contribution in [-0.4, -0.2) is 0 Å². The van der Waals surface area contributed by atoms with E-state index in [0.29, 0.717) is 0 Å². The lowest BCUT2D eigenvalue weighted by Crippen LogP contribution is -1.27. The van der Waals surface area contributed by atoms with E-state index < -0.39 is 0 Å². The lowest BCUT2D eigenvalue weighted by molar-refractivity contribution is 1.09. The van der Waals surface area contributed by atoms with Crippen molar-refractivity contribution in [1.82, 2.24) is 0 Å². The van der Waals surface area contributed by atoms with Gasteiger partial charge in [-0.15, -0.1) is 0 Å². The largest absolute Gasteiger partial charge is 0.197 e. The maximum atomic E-state index is 2.12. The molecule has 0 bridgehead atoms. The summed E-state index contributed by atoms with van der Waals surface area (Å²) in [5.41, 5.74) is 0. The molecule has 0 rings (SSSR count). The molecule has 0 fully saturated rings. The Morgan fingerprint density at radius 1 is 0.625 bits per heavy atom. The molecule has 8 heavy (non-hydrogen) atoms. The fraction of sp³-hybridized carbons (Fsp3) is 1.00. The second-order valence-corrected chi connectivity index (χ2v) is 1.41. The van der Waals surface area contributed by atoms with Crippen molar-refractivity contribution in [3.8, 4) is 0 Å². The van der Waals surface area contributed by atoms with Gasteiger partial charge in [-0.25, -0.2) is 0 Å². The molecule has 0 aromatic heterocycles. The molecule has 0 spiro atoms. The van der Waals surface area contributed by atoms with Gasteiger partial charge in [-0.2, -0.15) is 27.0 Å². The summed E-state index contributed by atoms with van der Waals surface area (Å²) in [7, 11) is 0. The normalized spacial score (nSPS) is 4.50. The molecule has 0 N–H and O–H groups in total. The number of hydrogen-bond acceptors (Lipinski definition) is 0. The van der Waals surface area contributed by atoms with Crippen LogP contribution in [0.5, 0.6) is 0 Å². The van der Waals surface area contributed by atoms with Crippen LogP contribution in [0.2, 0.25) is 0 Å². The topological polar surface area (TPSA) is 0 Å². The Kier molecular flexibility index (Phi) is 138. The molecule has 0 unspecified atom stereocenters. The van der Waals surface area contributed by atoms with Crippen LogP contribution in [0.15, 0.2) is 0 Å². The minimum absolute atomic E-state index is 0. The van der Waals surface area contributed by atoms with Crippen molar-refractivity contribution >= 4 is 27.0 Å². The minimum atomic E-state index is 0. The van der Waals surface area contributed by atoms with Gasteiger partial charge in [-0.1, -0.05) is 40.5 Å². The molecule has 0 saturated carbocycles. The van der Waals surface area contributed by atoms with E-state index in [0.717, 1.165) is 0 Å². The Morgan fingerprint density at radius 2 is 0.625 bits per heavy atom. The van der Waals surface area contributed by atoms with Crippen LogP contribution in [-0.2, 0) is 0 Å². The molecule has 0 nitrogen and oxygen atoms in total. The first-order chi connectivity index (χ1) is 2.83. The molecule has 0 saturated heterocycles. The van der Waals surface area contributed by atoms with Crippen molar-refractivity contribution in [2.75, 3.05) is 0 Å². The van der Waals surface area contributed by atoms with Gasteiger partial charge in [0, 0.05) is 0 Å². The molecule has 2 heteroatoms. The average molecular weight is 156 g/mol. The van der Waals surface area contributed by atoms with Gasteiger partial charge in [-0.3, -0.25) is 0 Å². The van der Waals surface area contributed by atoms with E-state index >= 15 is 0 Å². The van der Waals surface area contributed by atoms with Crippen molar-refractivity contribution in [2.24, 2.45) is 0 Å². The average Bonchev–Trinajstić information content (AvgIpc) is 1.39. The summed E-state index contributed by atoms with van der Waals surface area (Å²) >= 11 is 0. The van der Waals surface area contributed by atoms with Gasteiger partial charge < -0.3 is 0 Å². The standard InChI is InChI=1S/2C3H8.2H2S/c2*1-3-2;;/h2*3H2,1-2H3;2*1H2.